The standard InChI is InChI=1S/C17H23BrN2O4S/c18-15-7-5-13(6-8-15)3-1-2-4-16(21)19-20-17(22)11-14-9-10-25(23,24)12-14/h5-8,14H,1-4,9-12H2,(H,19,21)(H,20,22). The van der Waals surface area contributed by atoms with Crippen LogP contribution in [0.15, 0.2) is 28.7 Å². The van der Waals surface area contributed by atoms with Crippen LogP contribution in [0.4, 0.5) is 0 Å². The van der Waals surface area contributed by atoms with E-state index in [0.717, 1.165) is 23.7 Å². The van der Waals surface area contributed by atoms with E-state index < -0.39 is 9.84 Å². The van der Waals surface area contributed by atoms with Gasteiger partial charge in [0.05, 0.1) is 11.5 Å². The van der Waals surface area contributed by atoms with Crippen molar-refractivity contribution < 1.29 is 18.0 Å². The van der Waals surface area contributed by atoms with Gasteiger partial charge in [0.25, 0.3) is 0 Å². The molecule has 2 N–H and O–H groups in total. The Labute approximate surface area is 156 Å². The van der Waals surface area contributed by atoms with Crippen molar-refractivity contribution >= 4 is 37.6 Å². The average Bonchev–Trinajstić information content (AvgIpc) is 2.90. The topological polar surface area (TPSA) is 92.3 Å². The number of aryl methyl sites for hydroxylation is 1. The number of nitrogens with one attached hydrogen (secondary N) is 2. The Kier molecular flexibility index (Phi) is 7.43. The molecule has 1 atom stereocenters. The molecule has 6 nitrogen and oxygen atoms in total. The van der Waals surface area contributed by atoms with Crippen LogP contribution >= 0.6 is 15.9 Å². The summed E-state index contributed by atoms with van der Waals surface area (Å²) in [4.78, 5) is 23.4. The lowest BCUT2D eigenvalue weighted by Crippen LogP contribution is -2.42. The highest BCUT2D eigenvalue weighted by Gasteiger charge is 2.29. The van der Waals surface area contributed by atoms with Crippen molar-refractivity contribution in [3.63, 3.8) is 0 Å². The number of carbonyl (C=O) groups excluding carboxylic acids is 2. The van der Waals surface area contributed by atoms with Crippen molar-refractivity contribution in [3.8, 4) is 0 Å². The molecule has 1 fully saturated rings. The van der Waals surface area contributed by atoms with Gasteiger partial charge in [-0.2, -0.15) is 0 Å². The number of hydrogen-bond acceptors (Lipinski definition) is 4. The Morgan fingerprint density at radius 3 is 2.40 bits per heavy atom. The highest BCUT2D eigenvalue weighted by molar-refractivity contribution is 9.10. The van der Waals surface area contributed by atoms with Crippen molar-refractivity contribution in [1.29, 1.82) is 0 Å². The summed E-state index contributed by atoms with van der Waals surface area (Å²) in [7, 11) is -2.98. The van der Waals surface area contributed by atoms with E-state index >= 15 is 0 Å². The third-order valence-corrected chi connectivity index (χ3v) is 6.54. The Hall–Kier alpha value is -1.41. The molecule has 2 amide bonds. The quantitative estimate of drug-likeness (QED) is 0.511. The predicted octanol–water partition coefficient (Wildman–Crippen LogP) is 2.13. The van der Waals surface area contributed by atoms with Gasteiger partial charge >= 0.3 is 0 Å². The summed E-state index contributed by atoms with van der Waals surface area (Å²) in [6.45, 7) is 0. The number of hydrazine groups is 1. The van der Waals surface area contributed by atoms with Crippen LogP contribution in [0.25, 0.3) is 0 Å². The second-order valence-corrected chi connectivity index (χ2v) is 9.55. The third-order valence-electron chi connectivity index (χ3n) is 4.17. The highest BCUT2D eigenvalue weighted by atomic mass is 79.9. The number of unbranched alkanes of at least 4 members (excludes halogenated alkanes) is 1. The lowest BCUT2D eigenvalue weighted by molar-refractivity contribution is -0.129. The summed E-state index contributed by atoms with van der Waals surface area (Å²) in [5.41, 5.74) is 5.98. The fraction of sp³-hybridized carbons (Fsp3) is 0.529. The minimum Gasteiger partial charge on any atom is -0.273 e. The number of hydrogen-bond donors (Lipinski definition) is 2. The van der Waals surface area contributed by atoms with Crippen molar-refractivity contribution in [2.45, 2.75) is 38.5 Å². The van der Waals surface area contributed by atoms with E-state index in [1.54, 1.807) is 0 Å². The summed E-state index contributed by atoms with van der Waals surface area (Å²) in [6, 6.07) is 8.08. The van der Waals surface area contributed by atoms with Crippen molar-refractivity contribution in [3.05, 3.63) is 34.3 Å². The molecule has 0 spiro atoms. The molecule has 0 aliphatic carbocycles. The Balaban J connectivity index is 1.56. The van der Waals surface area contributed by atoms with Crippen molar-refractivity contribution in [2.24, 2.45) is 5.92 Å². The minimum atomic E-state index is -2.98. The SMILES string of the molecule is O=C(CCCCc1ccc(Br)cc1)NNC(=O)CC1CCS(=O)(=O)C1. The number of benzene rings is 1. The fourth-order valence-electron chi connectivity index (χ4n) is 2.81. The smallest absolute Gasteiger partial charge is 0.238 e. The zero-order valence-electron chi connectivity index (χ0n) is 14.0. The molecule has 1 aromatic rings. The zero-order chi connectivity index (χ0) is 18.3. The molecule has 1 unspecified atom stereocenters. The largest absolute Gasteiger partial charge is 0.273 e. The van der Waals surface area contributed by atoms with Crippen LogP contribution in [0.2, 0.25) is 0 Å². The molecule has 8 heteroatoms. The van der Waals surface area contributed by atoms with Crippen molar-refractivity contribution in [1.82, 2.24) is 10.9 Å². The van der Waals surface area contributed by atoms with Gasteiger partial charge in [0.2, 0.25) is 11.8 Å². The number of sulfone groups is 1. The van der Waals surface area contributed by atoms with Gasteiger partial charge in [-0.1, -0.05) is 28.1 Å². The maximum atomic E-state index is 11.7. The number of rotatable bonds is 7. The fourth-order valence-corrected chi connectivity index (χ4v) is 4.94. The number of halogens is 1. The Bertz CT molecular complexity index is 704. The second-order valence-electron chi connectivity index (χ2n) is 6.40. The monoisotopic (exact) mass is 430 g/mol. The molecule has 0 aromatic heterocycles. The van der Waals surface area contributed by atoms with Crippen LogP contribution in [0.1, 0.15) is 37.7 Å². The summed E-state index contributed by atoms with van der Waals surface area (Å²) in [5, 5.41) is 0. The van der Waals surface area contributed by atoms with Crippen LogP contribution in [0, 0.1) is 5.92 Å². The maximum Gasteiger partial charge on any atom is 0.238 e. The summed E-state index contributed by atoms with van der Waals surface area (Å²) < 4.78 is 23.7. The zero-order valence-corrected chi connectivity index (χ0v) is 16.4. The molecular formula is C17H23BrN2O4S. The van der Waals surface area contributed by atoms with Gasteiger partial charge in [0.15, 0.2) is 9.84 Å². The van der Waals surface area contributed by atoms with Crippen LogP contribution in [-0.4, -0.2) is 31.7 Å². The van der Waals surface area contributed by atoms with E-state index in [1.807, 2.05) is 24.3 Å². The Morgan fingerprint density at radius 1 is 1.08 bits per heavy atom. The van der Waals surface area contributed by atoms with Crippen molar-refractivity contribution in [2.75, 3.05) is 11.5 Å². The lowest BCUT2D eigenvalue weighted by Gasteiger charge is -2.10. The molecule has 1 aliphatic rings. The minimum absolute atomic E-state index is 0.0599. The molecule has 1 aliphatic heterocycles. The normalized spacial score (nSPS) is 18.7. The molecule has 138 valence electrons. The van der Waals surface area contributed by atoms with Gasteiger partial charge in [-0.15, -0.1) is 0 Å². The lowest BCUT2D eigenvalue weighted by atomic mass is 10.1. The molecule has 1 aromatic carbocycles. The number of carbonyl (C=O) groups is 2. The van der Waals surface area contributed by atoms with E-state index in [-0.39, 0.29) is 35.7 Å². The van der Waals surface area contributed by atoms with Crippen LogP contribution < -0.4 is 10.9 Å². The molecule has 0 radical (unpaired) electrons. The van der Waals surface area contributed by atoms with Crippen LogP contribution in [0.3, 0.4) is 0 Å². The molecule has 1 saturated heterocycles. The van der Waals surface area contributed by atoms with Gasteiger partial charge < -0.3 is 0 Å². The molecule has 1 heterocycles. The first-order chi connectivity index (χ1) is 11.8. The first kappa shape index (κ1) is 19.9. The second kappa shape index (κ2) is 9.33. The molecule has 0 bridgehead atoms. The van der Waals surface area contributed by atoms with Crippen LogP contribution in [-0.2, 0) is 25.8 Å². The molecule has 2 rings (SSSR count). The summed E-state index contributed by atoms with van der Waals surface area (Å²) in [6.07, 6.45) is 3.52. The van der Waals surface area contributed by atoms with Gasteiger partial charge in [0.1, 0.15) is 0 Å². The number of amides is 2. The van der Waals surface area contributed by atoms with Gasteiger partial charge in [-0.3, -0.25) is 20.4 Å². The first-order valence-electron chi connectivity index (χ1n) is 8.36. The van der Waals surface area contributed by atoms with E-state index in [1.165, 1.54) is 5.56 Å². The van der Waals surface area contributed by atoms with E-state index in [9.17, 15) is 18.0 Å². The van der Waals surface area contributed by atoms with Gasteiger partial charge in [-0.05, 0) is 49.3 Å². The van der Waals surface area contributed by atoms with Gasteiger partial charge in [-0.25, -0.2) is 8.42 Å². The van der Waals surface area contributed by atoms with Crippen LogP contribution in [0.5, 0.6) is 0 Å². The summed E-state index contributed by atoms with van der Waals surface area (Å²) >= 11 is 3.39. The highest BCUT2D eigenvalue weighted by Crippen LogP contribution is 2.21. The molecular weight excluding hydrogens is 408 g/mol. The maximum absolute atomic E-state index is 11.7. The Morgan fingerprint density at radius 2 is 1.76 bits per heavy atom. The molecule has 0 saturated carbocycles. The first-order valence-corrected chi connectivity index (χ1v) is 11.0. The summed E-state index contributed by atoms with van der Waals surface area (Å²) in [5.74, 6) is -0.513. The van der Waals surface area contributed by atoms with E-state index in [0.29, 0.717) is 12.8 Å². The third kappa shape index (κ3) is 7.56. The van der Waals surface area contributed by atoms with Gasteiger partial charge in [0, 0.05) is 17.3 Å². The average molecular weight is 431 g/mol. The van der Waals surface area contributed by atoms with E-state index in [2.05, 4.69) is 26.8 Å². The predicted molar refractivity (Wildman–Crippen MR) is 99.4 cm³/mol. The van der Waals surface area contributed by atoms with E-state index in [4.69, 9.17) is 0 Å². The molecule has 25 heavy (non-hydrogen) atoms.